The summed E-state index contributed by atoms with van der Waals surface area (Å²) in [6, 6.07) is 4.80. The fourth-order valence-corrected chi connectivity index (χ4v) is 1.23. The number of carbonyl (C=O) groups is 1. The first-order valence-electron chi connectivity index (χ1n) is 4.24. The fourth-order valence-electron chi connectivity index (χ4n) is 1.23. The Morgan fingerprint density at radius 1 is 1.13 bits per heavy atom. The molecule has 2 aromatic rings. The number of carboxylic acids is 1. The molecule has 0 aromatic carbocycles. The highest BCUT2D eigenvalue weighted by Crippen LogP contribution is 2.18. The van der Waals surface area contributed by atoms with E-state index in [9.17, 15) is 4.79 Å². The van der Waals surface area contributed by atoms with E-state index in [4.69, 9.17) is 5.11 Å². The molecule has 0 saturated carbocycles. The molecule has 0 unspecified atom stereocenters. The predicted octanol–water partition coefficient (Wildman–Crippen LogP) is 1.24. The van der Waals surface area contributed by atoms with Crippen LogP contribution in [0.4, 0.5) is 0 Å². The van der Waals surface area contributed by atoms with Crippen LogP contribution >= 0.6 is 0 Å². The van der Waals surface area contributed by atoms with Crippen molar-refractivity contribution in [1.82, 2.24) is 15.2 Å². The van der Waals surface area contributed by atoms with Crippen LogP contribution in [0.25, 0.3) is 11.3 Å². The Kier molecular flexibility index (Phi) is 2.37. The molecule has 0 aliphatic heterocycles. The third kappa shape index (κ3) is 1.80. The van der Waals surface area contributed by atoms with Crippen molar-refractivity contribution in [1.29, 1.82) is 0 Å². The largest absolute Gasteiger partial charge is 0.478 e. The van der Waals surface area contributed by atoms with Gasteiger partial charge in [0.1, 0.15) is 5.69 Å². The number of hydrogen-bond acceptors (Lipinski definition) is 4. The van der Waals surface area contributed by atoms with Crippen LogP contribution in [-0.4, -0.2) is 26.3 Å². The topological polar surface area (TPSA) is 76.0 Å². The van der Waals surface area contributed by atoms with Crippen LogP contribution in [-0.2, 0) is 0 Å². The first-order valence-corrected chi connectivity index (χ1v) is 4.24. The molecular weight excluding hydrogens is 194 g/mol. The molecule has 1 N–H and O–H groups in total. The molecule has 0 aliphatic carbocycles. The summed E-state index contributed by atoms with van der Waals surface area (Å²) in [6.07, 6.45) is 4.51. The van der Waals surface area contributed by atoms with Crippen molar-refractivity contribution in [2.75, 3.05) is 0 Å². The van der Waals surface area contributed by atoms with E-state index >= 15 is 0 Å². The Bertz CT molecular complexity index is 485. The molecule has 0 aliphatic rings. The van der Waals surface area contributed by atoms with Crippen LogP contribution in [0.1, 0.15) is 10.4 Å². The van der Waals surface area contributed by atoms with Gasteiger partial charge in [0.05, 0.1) is 11.8 Å². The summed E-state index contributed by atoms with van der Waals surface area (Å²) < 4.78 is 0. The second-order valence-corrected chi connectivity index (χ2v) is 2.83. The average molecular weight is 201 g/mol. The van der Waals surface area contributed by atoms with Crippen molar-refractivity contribution in [3.05, 3.63) is 42.4 Å². The Labute approximate surface area is 85.4 Å². The molecule has 0 spiro atoms. The van der Waals surface area contributed by atoms with Gasteiger partial charge in [-0.2, -0.15) is 5.10 Å². The molecule has 2 rings (SSSR count). The number of nitrogens with zero attached hydrogens (tertiary/aromatic N) is 3. The molecule has 5 heteroatoms. The molecule has 15 heavy (non-hydrogen) atoms. The van der Waals surface area contributed by atoms with Crippen LogP contribution < -0.4 is 0 Å². The Morgan fingerprint density at radius 2 is 1.87 bits per heavy atom. The normalized spacial score (nSPS) is 9.87. The van der Waals surface area contributed by atoms with E-state index in [-0.39, 0.29) is 5.56 Å². The maximum Gasteiger partial charge on any atom is 0.338 e. The predicted molar refractivity (Wildman–Crippen MR) is 52.2 cm³/mol. The summed E-state index contributed by atoms with van der Waals surface area (Å²) in [5.41, 5.74) is 1.18. The number of aromatic nitrogens is 3. The van der Waals surface area contributed by atoms with Gasteiger partial charge in [-0.05, 0) is 18.2 Å². The lowest BCUT2D eigenvalue weighted by molar-refractivity contribution is 0.0697. The summed E-state index contributed by atoms with van der Waals surface area (Å²) in [5.74, 6) is -1.02. The van der Waals surface area contributed by atoms with E-state index in [2.05, 4.69) is 15.2 Å². The van der Waals surface area contributed by atoms with Crippen molar-refractivity contribution < 1.29 is 9.90 Å². The van der Waals surface area contributed by atoms with Crippen LogP contribution in [0.2, 0.25) is 0 Å². The lowest BCUT2D eigenvalue weighted by Gasteiger charge is -2.02. The van der Waals surface area contributed by atoms with Crippen LogP contribution in [0.5, 0.6) is 0 Å². The van der Waals surface area contributed by atoms with E-state index in [1.165, 1.54) is 12.3 Å². The molecule has 5 nitrogen and oxygen atoms in total. The lowest BCUT2D eigenvalue weighted by atomic mass is 10.1. The minimum atomic E-state index is -1.02. The van der Waals surface area contributed by atoms with E-state index in [1.807, 2.05) is 0 Å². The van der Waals surface area contributed by atoms with Gasteiger partial charge in [-0.3, -0.25) is 4.98 Å². The maximum absolute atomic E-state index is 10.9. The minimum absolute atomic E-state index is 0.135. The van der Waals surface area contributed by atoms with E-state index < -0.39 is 5.97 Å². The molecule has 2 heterocycles. The Balaban J connectivity index is 2.58. The van der Waals surface area contributed by atoms with Crippen LogP contribution in [0.3, 0.4) is 0 Å². The van der Waals surface area contributed by atoms with Crippen molar-refractivity contribution in [2.45, 2.75) is 0 Å². The third-order valence-corrected chi connectivity index (χ3v) is 1.90. The number of rotatable bonds is 2. The van der Waals surface area contributed by atoms with E-state index in [1.54, 1.807) is 24.5 Å². The van der Waals surface area contributed by atoms with Gasteiger partial charge < -0.3 is 5.11 Å². The summed E-state index contributed by atoms with van der Waals surface area (Å²) in [6.45, 7) is 0. The highest BCUT2D eigenvalue weighted by molar-refractivity contribution is 5.94. The Hall–Kier alpha value is -2.30. The zero-order valence-electron chi connectivity index (χ0n) is 7.66. The zero-order valence-corrected chi connectivity index (χ0v) is 7.66. The highest BCUT2D eigenvalue weighted by atomic mass is 16.4. The first-order chi connectivity index (χ1) is 7.29. The summed E-state index contributed by atoms with van der Waals surface area (Å²) >= 11 is 0. The number of pyridine rings is 1. The number of aromatic carboxylic acids is 1. The van der Waals surface area contributed by atoms with Gasteiger partial charge in [0.2, 0.25) is 0 Å². The molecule has 0 atom stereocenters. The monoisotopic (exact) mass is 201 g/mol. The molecule has 0 amide bonds. The van der Waals surface area contributed by atoms with E-state index in [0.717, 1.165) is 0 Å². The standard InChI is InChI=1S/C10H7N3O2/c14-10(15)8-3-6-12-13-9(8)7-1-4-11-5-2-7/h1-6H,(H,14,15). The highest BCUT2D eigenvalue weighted by Gasteiger charge is 2.12. The number of hydrogen-bond donors (Lipinski definition) is 1. The molecule has 0 fully saturated rings. The minimum Gasteiger partial charge on any atom is -0.478 e. The van der Waals surface area contributed by atoms with Crippen LogP contribution in [0.15, 0.2) is 36.8 Å². The van der Waals surface area contributed by atoms with Gasteiger partial charge in [-0.1, -0.05) is 0 Å². The molecule has 0 bridgehead atoms. The van der Waals surface area contributed by atoms with Crippen molar-refractivity contribution >= 4 is 5.97 Å². The second kappa shape index (κ2) is 3.83. The molecule has 74 valence electrons. The third-order valence-electron chi connectivity index (χ3n) is 1.90. The number of carboxylic acid groups (broad SMARTS) is 1. The SMILES string of the molecule is O=C(O)c1ccnnc1-c1ccncc1. The molecular formula is C10H7N3O2. The van der Waals surface area contributed by atoms with Crippen molar-refractivity contribution in [2.24, 2.45) is 0 Å². The van der Waals surface area contributed by atoms with E-state index in [0.29, 0.717) is 11.3 Å². The van der Waals surface area contributed by atoms with Crippen LogP contribution in [0, 0.1) is 0 Å². The Morgan fingerprint density at radius 3 is 2.53 bits per heavy atom. The first kappa shape index (κ1) is 9.26. The quantitative estimate of drug-likeness (QED) is 0.790. The van der Waals surface area contributed by atoms with Gasteiger partial charge in [-0.25, -0.2) is 4.79 Å². The zero-order chi connectivity index (χ0) is 10.7. The summed E-state index contributed by atoms with van der Waals surface area (Å²) in [5, 5.41) is 16.4. The van der Waals surface area contributed by atoms with Crippen molar-refractivity contribution in [3.63, 3.8) is 0 Å². The molecule has 0 radical (unpaired) electrons. The van der Waals surface area contributed by atoms with Crippen molar-refractivity contribution in [3.8, 4) is 11.3 Å². The molecule has 0 saturated heterocycles. The summed E-state index contributed by atoms with van der Waals surface area (Å²) in [4.78, 5) is 14.8. The maximum atomic E-state index is 10.9. The van der Waals surface area contributed by atoms with Gasteiger partial charge in [0.15, 0.2) is 0 Å². The van der Waals surface area contributed by atoms with Gasteiger partial charge in [-0.15, -0.1) is 5.10 Å². The second-order valence-electron chi connectivity index (χ2n) is 2.83. The average Bonchev–Trinajstić information content (AvgIpc) is 2.30. The van der Waals surface area contributed by atoms with Gasteiger partial charge in [0.25, 0.3) is 0 Å². The smallest absolute Gasteiger partial charge is 0.338 e. The van der Waals surface area contributed by atoms with Gasteiger partial charge >= 0.3 is 5.97 Å². The van der Waals surface area contributed by atoms with Gasteiger partial charge in [0, 0.05) is 18.0 Å². The fraction of sp³-hybridized carbons (Fsp3) is 0. The summed E-state index contributed by atoms with van der Waals surface area (Å²) in [7, 11) is 0. The lowest BCUT2D eigenvalue weighted by Crippen LogP contribution is -2.02. The molecule has 2 aromatic heterocycles.